The summed E-state index contributed by atoms with van der Waals surface area (Å²) in [6, 6.07) is 16.3. The molecule has 2 rings (SSSR count). The Morgan fingerprint density at radius 1 is 0.900 bits per heavy atom. The van der Waals surface area contributed by atoms with Crippen molar-refractivity contribution in [3.05, 3.63) is 65.7 Å². The first kappa shape index (κ1) is 23.4. The number of benzene rings is 2. The molecule has 0 aliphatic heterocycles. The number of rotatable bonds is 11. The lowest BCUT2D eigenvalue weighted by Gasteiger charge is -2.22. The molecule has 0 aliphatic rings. The zero-order valence-corrected chi connectivity index (χ0v) is 18.2. The highest BCUT2D eigenvalue weighted by atomic mass is 16.5. The molecule has 0 saturated heterocycles. The second-order valence-electron chi connectivity index (χ2n) is 7.74. The van der Waals surface area contributed by atoms with Gasteiger partial charge in [0.15, 0.2) is 6.61 Å². The number of ether oxygens (including phenoxy) is 2. The van der Waals surface area contributed by atoms with Gasteiger partial charge in [-0.05, 0) is 43.0 Å². The highest BCUT2D eigenvalue weighted by molar-refractivity contribution is 5.88. The van der Waals surface area contributed by atoms with E-state index in [0.717, 1.165) is 11.1 Å². The number of para-hydroxylation sites is 1. The fraction of sp³-hybridized carbons (Fsp3) is 0.417. The summed E-state index contributed by atoms with van der Waals surface area (Å²) in [7, 11) is 0. The number of hydrogen-bond donors (Lipinski definition) is 2. The van der Waals surface area contributed by atoms with Crippen molar-refractivity contribution in [2.24, 2.45) is 5.92 Å². The van der Waals surface area contributed by atoms with E-state index in [-0.39, 0.29) is 30.4 Å². The van der Waals surface area contributed by atoms with Crippen LogP contribution in [0, 0.1) is 5.92 Å². The zero-order valence-electron chi connectivity index (χ0n) is 18.2. The summed E-state index contributed by atoms with van der Waals surface area (Å²) < 4.78 is 11.2. The monoisotopic (exact) mass is 412 g/mol. The molecule has 0 bridgehead atoms. The fourth-order valence-corrected chi connectivity index (χ4v) is 2.84. The zero-order chi connectivity index (χ0) is 21.9. The molecule has 0 fully saturated rings. The van der Waals surface area contributed by atoms with Crippen molar-refractivity contribution in [2.45, 2.75) is 53.0 Å². The van der Waals surface area contributed by atoms with Gasteiger partial charge in [-0.3, -0.25) is 9.59 Å². The van der Waals surface area contributed by atoms with E-state index in [9.17, 15) is 9.59 Å². The van der Waals surface area contributed by atoms with E-state index in [4.69, 9.17) is 9.47 Å². The minimum Gasteiger partial charge on any atom is -0.484 e. The molecule has 30 heavy (non-hydrogen) atoms. The third-order valence-electron chi connectivity index (χ3n) is 4.52. The molecule has 162 valence electrons. The molecular weight excluding hydrogens is 380 g/mol. The molecule has 2 amide bonds. The van der Waals surface area contributed by atoms with Crippen LogP contribution in [0.1, 0.15) is 38.8 Å². The van der Waals surface area contributed by atoms with Crippen LogP contribution in [0.4, 0.5) is 0 Å². The Hall–Kier alpha value is -2.86. The van der Waals surface area contributed by atoms with Crippen molar-refractivity contribution in [3.63, 3.8) is 0 Å². The summed E-state index contributed by atoms with van der Waals surface area (Å²) >= 11 is 0. The van der Waals surface area contributed by atoms with Gasteiger partial charge in [0.1, 0.15) is 11.8 Å². The Labute approximate surface area is 179 Å². The smallest absolute Gasteiger partial charge is 0.258 e. The van der Waals surface area contributed by atoms with E-state index in [2.05, 4.69) is 10.6 Å². The van der Waals surface area contributed by atoms with Crippen LogP contribution in [0.3, 0.4) is 0 Å². The average Bonchev–Trinajstić information content (AvgIpc) is 2.74. The summed E-state index contributed by atoms with van der Waals surface area (Å²) in [5.74, 6) is -0.0142. The van der Waals surface area contributed by atoms with Crippen molar-refractivity contribution in [1.82, 2.24) is 10.6 Å². The molecule has 6 heteroatoms. The van der Waals surface area contributed by atoms with E-state index >= 15 is 0 Å². The summed E-state index contributed by atoms with van der Waals surface area (Å²) in [4.78, 5) is 25.0. The minimum absolute atomic E-state index is 0.0646. The quantitative estimate of drug-likeness (QED) is 0.593. The van der Waals surface area contributed by atoms with Crippen LogP contribution in [0.25, 0.3) is 0 Å². The molecule has 1 atom stereocenters. The lowest BCUT2D eigenvalue weighted by Crippen LogP contribution is -2.50. The Morgan fingerprint density at radius 3 is 2.17 bits per heavy atom. The van der Waals surface area contributed by atoms with E-state index in [1.54, 1.807) is 12.1 Å². The van der Waals surface area contributed by atoms with Crippen LogP contribution in [0.15, 0.2) is 54.6 Å². The van der Waals surface area contributed by atoms with Gasteiger partial charge in [0.2, 0.25) is 5.91 Å². The van der Waals surface area contributed by atoms with E-state index in [0.29, 0.717) is 18.9 Å². The van der Waals surface area contributed by atoms with Crippen molar-refractivity contribution in [1.29, 1.82) is 0 Å². The van der Waals surface area contributed by atoms with E-state index in [1.165, 1.54) is 0 Å². The molecule has 0 saturated carbocycles. The highest BCUT2D eigenvalue weighted by Gasteiger charge is 2.24. The molecule has 0 radical (unpaired) electrons. The molecule has 2 aromatic carbocycles. The molecule has 0 heterocycles. The molecular formula is C24H32N2O4. The van der Waals surface area contributed by atoms with Gasteiger partial charge >= 0.3 is 0 Å². The third-order valence-corrected chi connectivity index (χ3v) is 4.52. The maximum Gasteiger partial charge on any atom is 0.258 e. The predicted octanol–water partition coefficient (Wildman–Crippen LogP) is 3.45. The van der Waals surface area contributed by atoms with Gasteiger partial charge in [-0.2, -0.15) is 0 Å². The van der Waals surface area contributed by atoms with Gasteiger partial charge in [0.25, 0.3) is 5.91 Å². The molecule has 1 unspecified atom stereocenters. The van der Waals surface area contributed by atoms with Crippen molar-refractivity contribution >= 4 is 11.8 Å². The minimum atomic E-state index is -0.643. The van der Waals surface area contributed by atoms with Crippen molar-refractivity contribution < 1.29 is 19.1 Å². The first-order chi connectivity index (χ1) is 14.4. The van der Waals surface area contributed by atoms with Gasteiger partial charge in [-0.15, -0.1) is 0 Å². The first-order valence-corrected chi connectivity index (χ1v) is 10.3. The summed E-state index contributed by atoms with van der Waals surface area (Å²) in [6.45, 7) is 8.49. The standard InChI is InChI=1S/C24H32N2O4/c1-17(2)23(26-22(27)16-30-21-12-6-5-7-13-21)24(28)25-14-19-10-8-9-11-20(19)15-29-18(3)4/h5-13,17-18,23H,14-16H2,1-4H3,(H,25,28)(H,26,27). The molecule has 2 N–H and O–H groups in total. The van der Waals surface area contributed by atoms with Crippen LogP contribution in [-0.2, 0) is 27.5 Å². The van der Waals surface area contributed by atoms with Gasteiger partial charge in [0.05, 0.1) is 12.7 Å². The number of carbonyl (C=O) groups is 2. The predicted molar refractivity (Wildman–Crippen MR) is 117 cm³/mol. The maximum atomic E-state index is 12.7. The second-order valence-corrected chi connectivity index (χ2v) is 7.74. The van der Waals surface area contributed by atoms with Crippen LogP contribution < -0.4 is 15.4 Å². The Bertz CT molecular complexity index is 806. The lowest BCUT2D eigenvalue weighted by molar-refractivity contribution is -0.131. The normalized spacial score (nSPS) is 11.9. The molecule has 0 aliphatic carbocycles. The number of carbonyl (C=O) groups excluding carboxylic acids is 2. The number of amides is 2. The highest BCUT2D eigenvalue weighted by Crippen LogP contribution is 2.12. The topological polar surface area (TPSA) is 76.7 Å². The maximum absolute atomic E-state index is 12.7. The molecule has 0 aromatic heterocycles. The van der Waals surface area contributed by atoms with Crippen molar-refractivity contribution in [2.75, 3.05) is 6.61 Å². The van der Waals surface area contributed by atoms with Crippen LogP contribution in [-0.4, -0.2) is 30.6 Å². The Balaban J connectivity index is 1.90. The SMILES string of the molecule is CC(C)OCc1ccccc1CNC(=O)C(NC(=O)COc1ccccc1)C(C)C. The van der Waals surface area contributed by atoms with Crippen LogP contribution in [0.2, 0.25) is 0 Å². The van der Waals surface area contributed by atoms with Gasteiger partial charge in [0, 0.05) is 6.54 Å². The third kappa shape index (κ3) is 7.87. The first-order valence-electron chi connectivity index (χ1n) is 10.3. The Morgan fingerprint density at radius 2 is 1.53 bits per heavy atom. The lowest BCUT2D eigenvalue weighted by atomic mass is 10.0. The number of hydrogen-bond acceptors (Lipinski definition) is 4. The fourth-order valence-electron chi connectivity index (χ4n) is 2.84. The summed E-state index contributed by atoms with van der Waals surface area (Å²) in [5, 5.41) is 5.71. The van der Waals surface area contributed by atoms with Crippen LogP contribution >= 0.6 is 0 Å². The van der Waals surface area contributed by atoms with Crippen LogP contribution in [0.5, 0.6) is 5.75 Å². The van der Waals surface area contributed by atoms with E-state index in [1.807, 2.05) is 70.2 Å². The summed E-state index contributed by atoms with van der Waals surface area (Å²) in [6.07, 6.45) is 0.131. The summed E-state index contributed by atoms with van der Waals surface area (Å²) in [5.41, 5.74) is 2.03. The number of nitrogens with one attached hydrogen (secondary N) is 2. The molecule has 6 nitrogen and oxygen atoms in total. The van der Waals surface area contributed by atoms with E-state index < -0.39 is 6.04 Å². The van der Waals surface area contributed by atoms with Gasteiger partial charge in [-0.1, -0.05) is 56.3 Å². The second kappa shape index (κ2) is 12.0. The average molecular weight is 413 g/mol. The molecule has 0 spiro atoms. The molecule has 2 aromatic rings. The van der Waals surface area contributed by atoms with Gasteiger partial charge in [-0.25, -0.2) is 0 Å². The van der Waals surface area contributed by atoms with Gasteiger partial charge < -0.3 is 20.1 Å². The van der Waals surface area contributed by atoms with Crippen molar-refractivity contribution in [3.8, 4) is 5.75 Å². The Kier molecular flexibility index (Phi) is 9.35. The largest absolute Gasteiger partial charge is 0.484 e.